The molecule has 4 nitrogen and oxygen atoms in total. The second kappa shape index (κ2) is 7.83. The van der Waals surface area contributed by atoms with Crippen LogP contribution in [0.1, 0.15) is 37.7 Å². The minimum Gasteiger partial charge on any atom is -0.340 e. The Balaban J connectivity index is 1.24. The van der Waals surface area contributed by atoms with Crippen molar-refractivity contribution in [3.05, 3.63) is 34.6 Å². The quantitative estimate of drug-likeness (QED) is 0.873. The van der Waals surface area contributed by atoms with E-state index in [1.54, 1.807) is 6.07 Å². The lowest BCUT2D eigenvalue weighted by Crippen LogP contribution is -2.49. The van der Waals surface area contributed by atoms with Crippen LogP contribution in [0.2, 0.25) is 5.02 Å². The fraction of sp³-hybridized carbons (Fsp3) is 0.650. The van der Waals surface area contributed by atoms with Crippen LogP contribution in [0.3, 0.4) is 0 Å². The lowest BCUT2D eigenvalue weighted by Gasteiger charge is -2.36. The van der Waals surface area contributed by atoms with E-state index in [2.05, 4.69) is 10.2 Å². The molecule has 0 saturated carbocycles. The molecule has 142 valence electrons. The van der Waals surface area contributed by atoms with Gasteiger partial charge in [0, 0.05) is 56.3 Å². The van der Waals surface area contributed by atoms with E-state index in [9.17, 15) is 9.18 Å². The van der Waals surface area contributed by atoms with Crippen molar-refractivity contribution in [1.29, 1.82) is 0 Å². The number of benzene rings is 1. The van der Waals surface area contributed by atoms with Gasteiger partial charge in [-0.1, -0.05) is 17.7 Å². The van der Waals surface area contributed by atoms with E-state index in [-0.39, 0.29) is 5.82 Å². The number of hydrogen-bond acceptors (Lipinski definition) is 3. The van der Waals surface area contributed by atoms with Gasteiger partial charge in [0.15, 0.2) is 0 Å². The molecule has 3 fully saturated rings. The minimum atomic E-state index is -0.305. The fourth-order valence-corrected chi connectivity index (χ4v) is 4.99. The lowest BCUT2D eigenvalue weighted by molar-refractivity contribution is -0.134. The second-order valence-electron chi connectivity index (χ2n) is 8.07. The smallest absolute Gasteiger partial charge is 0.222 e. The average Bonchev–Trinajstić information content (AvgIpc) is 2.96. The predicted octanol–water partition coefficient (Wildman–Crippen LogP) is 3.04. The number of amides is 1. The number of carbonyl (C=O) groups excluding carboxylic acids is 1. The number of piperazine rings is 1. The zero-order chi connectivity index (χ0) is 18.1. The van der Waals surface area contributed by atoms with Crippen LogP contribution in [-0.4, -0.2) is 54.0 Å². The highest BCUT2D eigenvalue weighted by atomic mass is 35.5. The number of nitrogens with zero attached hydrogens (tertiary/aromatic N) is 2. The molecular formula is C20H27ClFN3O. The molecular weight excluding hydrogens is 353 g/mol. The molecule has 0 spiro atoms. The molecule has 1 amide bonds. The first-order valence-corrected chi connectivity index (χ1v) is 10.1. The summed E-state index contributed by atoms with van der Waals surface area (Å²) in [5.74, 6) is 0.564. The Bertz CT molecular complexity index is 650. The zero-order valence-corrected chi connectivity index (χ0v) is 15.8. The van der Waals surface area contributed by atoms with Crippen molar-refractivity contribution >= 4 is 17.5 Å². The van der Waals surface area contributed by atoms with Gasteiger partial charge in [0.05, 0.1) is 0 Å². The van der Waals surface area contributed by atoms with Crippen LogP contribution in [0.15, 0.2) is 18.2 Å². The number of hydrogen-bond donors (Lipinski definition) is 1. The van der Waals surface area contributed by atoms with E-state index >= 15 is 0 Å². The van der Waals surface area contributed by atoms with Crippen molar-refractivity contribution in [3.8, 4) is 0 Å². The molecule has 2 unspecified atom stereocenters. The number of rotatable bonds is 4. The van der Waals surface area contributed by atoms with Gasteiger partial charge in [-0.25, -0.2) is 4.39 Å². The molecule has 3 heterocycles. The molecule has 2 bridgehead atoms. The second-order valence-corrected chi connectivity index (χ2v) is 8.48. The summed E-state index contributed by atoms with van der Waals surface area (Å²) in [5.41, 5.74) is 0.943. The van der Waals surface area contributed by atoms with Gasteiger partial charge in [-0.15, -0.1) is 0 Å². The summed E-state index contributed by atoms with van der Waals surface area (Å²) in [4.78, 5) is 17.0. The highest BCUT2D eigenvalue weighted by molar-refractivity contribution is 6.31. The molecule has 4 rings (SSSR count). The van der Waals surface area contributed by atoms with E-state index in [4.69, 9.17) is 11.6 Å². The van der Waals surface area contributed by atoms with Gasteiger partial charge in [-0.3, -0.25) is 9.69 Å². The van der Waals surface area contributed by atoms with E-state index in [0.717, 1.165) is 44.6 Å². The van der Waals surface area contributed by atoms with Crippen LogP contribution in [-0.2, 0) is 11.3 Å². The van der Waals surface area contributed by atoms with Gasteiger partial charge in [0.25, 0.3) is 0 Å². The van der Waals surface area contributed by atoms with Crippen molar-refractivity contribution in [2.45, 2.75) is 50.7 Å². The summed E-state index contributed by atoms with van der Waals surface area (Å²) < 4.78 is 13.2. The molecule has 1 N–H and O–H groups in total. The summed E-state index contributed by atoms with van der Waals surface area (Å²) in [6, 6.07) is 5.85. The number of fused-ring (bicyclic) bond motifs is 2. The zero-order valence-electron chi connectivity index (χ0n) is 15.1. The molecule has 2 atom stereocenters. The Hall–Kier alpha value is -1.17. The summed E-state index contributed by atoms with van der Waals surface area (Å²) in [6.45, 7) is 3.94. The van der Waals surface area contributed by atoms with Crippen molar-refractivity contribution in [3.63, 3.8) is 0 Å². The van der Waals surface area contributed by atoms with Crippen molar-refractivity contribution in [2.75, 3.05) is 26.2 Å². The SMILES string of the molecule is O=C(CC1CC2CCC(C1)N2)N1CCN(Cc2ccc(F)cc2Cl)CC1. The minimum absolute atomic E-state index is 0.305. The summed E-state index contributed by atoms with van der Waals surface area (Å²) in [7, 11) is 0. The van der Waals surface area contributed by atoms with Gasteiger partial charge >= 0.3 is 0 Å². The Kier molecular flexibility index (Phi) is 5.48. The van der Waals surface area contributed by atoms with Crippen LogP contribution in [0, 0.1) is 11.7 Å². The van der Waals surface area contributed by atoms with Crippen molar-refractivity contribution in [2.24, 2.45) is 5.92 Å². The number of nitrogens with one attached hydrogen (secondary N) is 1. The van der Waals surface area contributed by atoms with E-state index in [0.29, 0.717) is 41.9 Å². The molecule has 3 saturated heterocycles. The normalized spacial score (nSPS) is 29.2. The maximum atomic E-state index is 13.2. The Labute approximate surface area is 159 Å². The average molecular weight is 380 g/mol. The van der Waals surface area contributed by atoms with Crippen LogP contribution >= 0.6 is 11.6 Å². The van der Waals surface area contributed by atoms with Gasteiger partial charge in [0.2, 0.25) is 5.91 Å². The lowest BCUT2D eigenvalue weighted by atomic mass is 9.89. The Morgan fingerprint density at radius 1 is 1.15 bits per heavy atom. The first kappa shape index (κ1) is 18.2. The monoisotopic (exact) mass is 379 g/mol. The van der Waals surface area contributed by atoms with Crippen molar-refractivity contribution in [1.82, 2.24) is 15.1 Å². The van der Waals surface area contributed by atoms with Crippen LogP contribution in [0.25, 0.3) is 0 Å². The number of carbonyl (C=O) groups is 1. The van der Waals surface area contributed by atoms with Gasteiger partial charge in [-0.05, 0) is 49.3 Å². The number of piperidine rings is 1. The van der Waals surface area contributed by atoms with Crippen molar-refractivity contribution < 1.29 is 9.18 Å². The molecule has 0 radical (unpaired) electrons. The first-order chi connectivity index (χ1) is 12.6. The standard InChI is InChI=1S/C20H27ClFN3O/c21-19-12-16(22)2-1-15(19)13-24-5-7-25(8-6-24)20(26)11-14-9-17-3-4-18(10-14)23-17/h1-2,12,14,17-18,23H,3-11,13H2. The third-order valence-corrected chi connectivity index (χ3v) is 6.52. The molecule has 1 aromatic carbocycles. The molecule has 0 aliphatic carbocycles. The molecule has 0 aromatic heterocycles. The summed E-state index contributed by atoms with van der Waals surface area (Å²) >= 11 is 6.13. The third kappa shape index (κ3) is 4.21. The van der Waals surface area contributed by atoms with E-state index in [1.807, 2.05) is 4.90 Å². The number of halogens is 2. The van der Waals surface area contributed by atoms with Gasteiger partial charge < -0.3 is 10.2 Å². The highest BCUT2D eigenvalue weighted by Crippen LogP contribution is 2.33. The molecule has 6 heteroatoms. The maximum absolute atomic E-state index is 13.2. The largest absolute Gasteiger partial charge is 0.340 e. The van der Waals surface area contributed by atoms with E-state index in [1.165, 1.54) is 25.0 Å². The third-order valence-electron chi connectivity index (χ3n) is 6.17. The van der Waals surface area contributed by atoms with E-state index < -0.39 is 0 Å². The maximum Gasteiger partial charge on any atom is 0.222 e. The first-order valence-electron chi connectivity index (χ1n) is 9.77. The Morgan fingerprint density at radius 3 is 2.50 bits per heavy atom. The van der Waals surface area contributed by atoms with Gasteiger partial charge in [0.1, 0.15) is 5.82 Å². The summed E-state index contributed by atoms with van der Waals surface area (Å²) in [5, 5.41) is 4.12. The molecule has 1 aromatic rings. The Morgan fingerprint density at radius 2 is 1.85 bits per heavy atom. The fourth-order valence-electron chi connectivity index (χ4n) is 4.76. The molecule has 26 heavy (non-hydrogen) atoms. The van der Waals surface area contributed by atoms with Gasteiger partial charge in [-0.2, -0.15) is 0 Å². The van der Waals surface area contributed by atoms with Crippen LogP contribution in [0.5, 0.6) is 0 Å². The molecule has 3 aliphatic rings. The molecule has 3 aliphatic heterocycles. The van der Waals surface area contributed by atoms with Crippen LogP contribution in [0.4, 0.5) is 4.39 Å². The highest BCUT2D eigenvalue weighted by Gasteiger charge is 2.35. The topological polar surface area (TPSA) is 35.6 Å². The summed E-state index contributed by atoms with van der Waals surface area (Å²) in [6.07, 6.45) is 5.58. The predicted molar refractivity (Wildman–Crippen MR) is 101 cm³/mol. The van der Waals surface area contributed by atoms with Crippen LogP contribution < -0.4 is 5.32 Å².